The van der Waals surface area contributed by atoms with Crippen LogP contribution in [0.4, 0.5) is 0 Å². The number of hydrogen-bond acceptors (Lipinski definition) is 4. The molecular weight excluding hydrogens is 244 g/mol. The fourth-order valence-corrected chi connectivity index (χ4v) is 2.45. The van der Waals surface area contributed by atoms with E-state index in [1.54, 1.807) is 14.0 Å². The Morgan fingerprint density at radius 1 is 1.58 bits per heavy atom. The molecule has 5 nitrogen and oxygen atoms in total. The lowest BCUT2D eigenvalue weighted by atomic mass is 9.96. The second-order valence-electron chi connectivity index (χ2n) is 5.52. The summed E-state index contributed by atoms with van der Waals surface area (Å²) in [5, 5.41) is 12.1. The molecule has 0 saturated carbocycles. The van der Waals surface area contributed by atoms with E-state index < -0.39 is 11.5 Å². The number of carboxylic acid groups (broad SMARTS) is 1. The van der Waals surface area contributed by atoms with Gasteiger partial charge in [0, 0.05) is 13.2 Å². The van der Waals surface area contributed by atoms with Crippen LogP contribution in [0.5, 0.6) is 0 Å². The molecule has 0 aromatic carbocycles. The Labute approximate surface area is 116 Å². The van der Waals surface area contributed by atoms with E-state index in [2.05, 4.69) is 17.1 Å². The second-order valence-corrected chi connectivity index (χ2v) is 5.52. The normalized spacial score (nSPS) is 22.6. The Morgan fingerprint density at radius 3 is 2.79 bits per heavy atom. The Kier molecular flexibility index (Phi) is 6.75. The molecule has 5 heteroatoms. The first-order valence-corrected chi connectivity index (χ1v) is 7.28. The van der Waals surface area contributed by atoms with Gasteiger partial charge >= 0.3 is 5.97 Å². The summed E-state index contributed by atoms with van der Waals surface area (Å²) in [6.45, 7) is 7.66. The van der Waals surface area contributed by atoms with Gasteiger partial charge in [-0.1, -0.05) is 6.92 Å². The third-order valence-corrected chi connectivity index (χ3v) is 4.11. The van der Waals surface area contributed by atoms with Crippen molar-refractivity contribution in [2.45, 2.75) is 51.2 Å². The Hall–Kier alpha value is -0.650. The zero-order chi connectivity index (χ0) is 14.3. The van der Waals surface area contributed by atoms with Crippen molar-refractivity contribution in [3.63, 3.8) is 0 Å². The van der Waals surface area contributed by atoms with Gasteiger partial charge in [0.05, 0.1) is 6.10 Å². The van der Waals surface area contributed by atoms with E-state index >= 15 is 0 Å². The van der Waals surface area contributed by atoms with Crippen LogP contribution < -0.4 is 5.32 Å². The Balaban J connectivity index is 2.30. The van der Waals surface area contributed by atoms with E-state index in [0.29, 0.717) is 12.5 Å². The van der Waals surface area contributed by atoms with E-state index in [0.717, 1.165) is 39.1 Å². The highest BCUT2D eigenvalue weighted by atomic mass is 16.5. The number of aliphatic carboxylic acids is 1. The lowest BCUT2D eigenvalue weighted by molar-refractivity contribution is -0.144. The molecule has 19 heavy (non-hydrogen) atoms. The van der Waals surface area contributed by atoms with Crippen LogP contribution in [0.25, 0.3) is 0 Å². The highest BCUT2D eigenvalue weighted by Crippen LogP contribution is 2.15. The summed E-state index contributed by atoms with van der Waals surface area (Å²) in [5.41, 5.74) is -0.816. The fraction of sp³-hybridized carbons (Fsp3) is 0.929. The standard InChI is InChI=1S/C14H28N2O3/c1-4-16(11-12-7-5-10-19-12)9-6-8-14(2,15-3)13(17)18/h12,15H,4-11H2,1-3H3,(H,17,18). The van der Waals surface area contributed by atoms with Crippen LogP contribution in [-0.2, 0) is 9.53 Å². The van der Waals surface area contributed by atoms with Gasteiger partial charge in [0.2, 0.25) is 0 Å². The molecule has 0 radical (unpaired) electrons. The predicted molar refractivity (Wildman–Crippen MR) is 75.4 cm³/mol. The first kappa shape index (κ1) is 16.4. The maximum atomic E-state index is 11.2. The van der Waals surface area contributed by atoms with Gasteiger partial charge in [0.25, 0.3) is 0 Å². The number of likely N-dealkylation sites (N-methyl/N-ethyl adjacent to an activating group) is 2. The first-order chi connectivity index (χ1) is 9.01. The van der Waals surface area contributed by atoms with Crippen molar-refractivity contribution >= 4 is 5.97 Å². The summed E-state index contributed by atoms with van der Waals surface area (Å²) in [6, 6.07) is 0. The molecule has 2 unspecified atom stereocenters. The minimum Gasteiger partial charge on any atom is -0.480 e. The average molecular weight is 272 g/mol. The van der Waals surface area contributed by atoms with Gasteiger partial charge in [-0.2, -0.15) is 0 Å². The van der Waals surface area contributed by atoms with Crippen LogP contribution in [0.3, 0.4) is 0 Å². The molecule has 0 aliphatic carbocycles. The third kappa shape index (κ3) is 5.09. The summed E-state index contributed by atoms with van der Waals surface area (Å²) < 4.78 is 5.64. The average Bonchev–Trinajstić information content (AvgIpc) is 2.89. The van der Waals surface area contributed by atoms with Crippen molar-refractivity contribution in [1.82, 2.24) is 10.2 Å². The molecule has 1 aliphatic rings. The van der Waals surface area contributed by atoms with Crippen LogP contribution in [0.1, 0.15) is 39.5 Å². The van der Waals surface area contributed by atoms with E-state index in [-0.39, 0.29) is 0 Å². The van der Waals surface area contributed by atoms with Crippen LogP contribution in [0, 0.1) is 0 Å². The SMILES string of the molecule is CCN(CCCC(C)(NC)C(=O)O)CC1CCCO1. The van der Waals surface area contributed by atoms with Gasteiger partial charge in [-0.05, 0) is 52.7 Å². The molecule has 0 spiro atoms. The lowest BCUT2D eigenvalue weighted by Gasteiger charge is -2.27. The molecule has 112 valence electrons. The number of rotatable bonds is 9. The van der Waals surface area contributed by atoms with E-state index in [4.69, 9.17) is 4.74 Å². The predicted octanol–water partition coefficient (Wildman–Crippen LogP) is 1.33. The molecule has 0 amide bonds. The Morgan fingerprint density at radius 2 is 2.32 bits per heavy atom. The zero-order valence-electron chi connectivity index (χ0n) is 12.4. The van der Waals surface area contributed by atoms with Gasteiger partial charge in [0.15, 0.2) is 0 Å². The summed E-state index contributed by atoms with van der Waals surface area (Å²) in [5.74, 6) is -0.780. The summed E-state index contributed by atoms with van der Waals surface area (Å²) >= 11 is 0. The van der Waals surface area contributed by atoms with Crippen molar-refractivity contribution in [1.29, 1.82) is 0 Å². The summed E-state index contributed by atoms with van der Waals surface area (Å²) in [7, 11) is 1.71. The number of nitrogens with one attached hydrogen (secondary N) is 1. The molecule has 2 N–H and O–H groups in total. The topological polar surface area (TPSA) is 61.8 Å². The largest absolute Gasteiger partial charge is 0.480 e. The molecule has 1 saturated heterocycles. The van der Waals surface area contributed by atoms with E-state index in [1.165, 1.54) is 6.42 Å². The number of carboxylic acids is 1. The number of carbonyl (C=O) groups is 1. The monoisotopic (exact) mass is 272 g/mol. The lowest BCUT2D eigenvalue weighted by Crippen LogP contribution is -2.48. The van der Waals surface area contributed by atoms with Crippen molar-refractivity contribution in [3.05, 3.63) is 0 Å². The van der Waals surface area contributed by atoms with Gasteiger partial charge < -0.3 is 20.1 Å². The van der Waals surface area contributed by atoms with Crippen molar-refractivity contribution in [2.75, 3.05) is 33.3 Å². The van der Waals surface area contributed by atoms with Gasteiger partial charge in [0.1, 0.15) is 5.54 Å². The van der Waals surface area contributed by atoms with Crippen LogP contribution in [0.15, 0.2) is 0 Å². The smallest absolute Gasteiger partial charge is 0.323 e. The molecule has 2 atom stereocenters. The van der Waals surface area contributed by atoms with Crippen molar-refractivity contribution in [3.8, 4) is 0 Å². The number of hydrogen-bond donors (Lipinski definition) is 2. The van der Waals surface area contributed by atoms with Crippen LogP contribution in [-0.4, -0.2) is 60.9 Å². The molecular formula is C14H28N2O3. The zero-order valence-corrected chi connectivity index (χ0v) is 12.4. The third-order valence-electron chi connectivity index (χ3n) is 4.11. The minimum atomic E-state index is -0.816. The molecule has 1 fully saturated rings. The second kappa shape index (κ2) is 7.82. The van der Waals surface area contributed by atoms with Gasteiger partial charge in [-0.25, -0.2) is 0 Å². The molecule has 0 aromatic rings. The van der Waals surface area contributed by atoms with Crippen molar-refractivity contribution in [2.24, 2.45) is 0 Å². The van der Waals surface area contributed by atoms with Crippen molar-refractivity contribution < 1.29 is 14.6 Å². The molecule has 0 aromatic heterocycles. The molecule has 0 bridgehead atoms. The maximum absolute atomic E-state index is 11.2. The first-order valence-electron chi connectivity index (χ1n) is 7.28. The van der Waals surface area contributed by atoms with Gasteiger partial charge in [-0.3, -0.25) is 4.79 Å². The molecule has 1 aliphatic heterocycles. The maximum Gasteiger partial charge on any atom is 0.323 e. The highest BCUT2D eigenvalue weighted by molar-refractivity contribution is 5.78. The number of ether oxygens (including phenoxy) is 1. The summed E-state index contributed by atoms with van der Waals surface area (Å²) in [6.07, 6.45) is 4.21. The summed E-state index contributed by atoms with van der Waals surface area (Å²) in [4.78, 5) is 13.5. The Bertz CT molecular complexity index is 280. The van der Waals surface area contributed by atoms with E-state index in [1.807, 2.05) is 0 Å². The quantitative estimate of drug-likeness (QED) is 0.663. The fourth-order valence-electron chi connectivity index (χ4n) is 2.45. The van der Waals surface area contributed by atoms with Crippen LogP contribution in [0.2, 0.25) is 0 Å². The number of nitrogens with zero attached hydrogens (tertiary/aromatic N) is 1. The van der Waals surface area contributed by atoms with E-state index in [9.17, 15) is 9.90 Å². The molecule has 1 heterocycles. The van der Waals surface area contributed by atoms with Gasteiger partial charge in [-0.15, -0.1) is 0 Å². The molecule has 1 rings (SSSR count). The minimum absolute atomic E-state index is 0.370. The highest BCUT2D eigenvalue weighted by Gasteiger charge is 2.30. The van der Waals surface area contributed by atoms with Crippen LogP contribution >= 0.6 is 0 Å².